The summed E-state index contributed by atoms with van der Waals surface area (Å²) in [5, 5.41) is 11.8. The summed E-state index contributed by atoms with van der Waals surface area (Å²) in [4.78, 5) is 31.9. The van der Waals surface area contributed by atoms with Crippen LogP contribution in [0.15, 0.2) is 42.5 Å². The van der Waals surface area contributed by atoms with E-state index in [1.807, 2.05) is 36.1 Å². The molecule has 4 rings (SSSR count). The third-order valence-corrected chi connectivity index (χ3v) is 5.86. The van der Waals surface area contributed by atoms with Crippen LogP contribution in [0.25, 0.3) is 10.2 Å². The van der Waals surface area contributed by atoms with E-state index < -0.39 is 4.92 Å². The molecular formula is C19H18N4O3S. The Hall–Kier alpha value is -3.00. The molecule has 27 heavy (non-hydrogen) atoms. The van der Waals surface area contributed by atoms with Crippen LogP contribution in [0.3, 0.4) is 0 Å². The Morgan fingerprint density at radius 2 is 1.89 bits per heavy atom. The summed E-state index contributed by atoms with van der Waals surface area (Å²) in [5.41, 5.74) is 2.57. The number of aryl methyl sites for hydroxylation is 1. The highest BCUT2D eigenvalue weighted by Crippen LogP contribution is 2.32. The maximum atomic E-state index is 12.7. The molecular weight excluding hydrogens is 364 g/mol. The quantitative estimate of drug-likeness (QED) is 0.512. The van der Waals surface area contributed by atoms with Crippen molar-refractivity contribution in [3.05, 3.63) is 63.7 Å². The van der Waals surface area contributed by atoms with E-state index in [-0.39, 0.29) is 11.6 Å². The van der Waals surface area contributed by atoms with E-state index in [2.05, 4.69) is 9.88 Å². The van der Waals surface area contributed by atoms with Gasteiger partial charge < -0.3 is 9.80 Å². The van der Waals surface area contributed by atoms with Gasteiger partial charge in [0.15, 0.2) is 5.13 Å². The van der Waals surface area contributed by atoms with Gasteiger partial charge in [-0.25, -0.2) is 4.98 Å². The molecule has 1 saturated heterocycles. The highest BCUT2D eigenvalue weighted by Gasteiger charge is 2.24. The number of hydrogen-bond acceptors (Lipinski definition) is 6. The lowest BCUT2D eigenvalue weighted by atomic mass is 10.1. The first-order valence-corrected chi connectivity index (χ1v) is 9.49. The fraction of sp³-hybridized carbons (Fsp3) is 0.263. The molecule has 7 nitrogen and oxygen atoms in total. The second-order valence-electron chi connectivity index (χ2n) is 6.50. The van der Waals surface area contributed by atoms with Crippen LogP contribution in [-0.4, -0.2) is 46.9 Å². The Labute approximate surface area is 160 Å². The first kappa shape index (κ1) is 17.4. The topological polar surface area (TPSA) is 79.6 Å². The summed E-state index contributed by atoms with van der Waals surface area (Å²) >= 11 is 1.45. The fourth-order valence-corrected chi connectivity index (χ4v) is 4.28. The molecule has 1 aliphatic rings. The minimum atomic E-state index is -0.394. The van der Waals surface area contributed by atoms with Gasteiger partial charge in [0, 0.05) is 43.9 Å². The van der Waals surface area contributed by atoms with Gasteiger partial charge in [0.25, 0.3) is 11.6 Å². The Bertz CT molecular complexity index is 1020. The molecule has 2 aromatic carbocycles. The Kier molecular flexibility index (Phi) is 4.49. The molecule has 1 aromatic heterocycles. The number of anilines is 1. The van der Waals surface area contributed by atoms with Crippen LogP contribution in [0.4, 0.5) is 10.8 Å². The number of amides is 1. The van der Waals surface area contributed by atoms with Gasteiger partial charge in [0.1, 0.15) is 0 Å². The number of thiazole rings is 1. The standard InChI is InChI=1S/C19H18N4O3S/c1-13-4-2-3-5-15(13)18(24)21-8-10-22(11-9-21)19-20-16-7-6-14(23(25)26)12-17(16)27-19/h2-7,12H,8-11H2,1H3. The summed E-state index contributed by atoms with van der Waals surface area (Å²) in [6.07, 6.45) is 0. The lowest BCUT2D eigenvalue weighted by Crippen LogP contribution is -2.48. The first-order chi connectivity index (χ1) is 13.0. The lowest BCUT2D eigenvalue weighted by molar-refractivity contribution is -0.384. The molecule has 1 amide bonds. The van der Waals surface area contributed by atoms with Crippen molar-refractivity contribution in [3.8, 4) is 0 Å². The van der Waals surface area contributed by atoms with Crippen LogP contribution in [0.1, 0.15) is 15.9 Å². The zero-order valence-corrected chi connectivity index (χ0v) is 15.6. The van der Waals surface area contributed by atoms with E-state index in [9.17, 15) is 14.9 Å². The number of nitrogens with zero attached hydrogens (tertiary/aromatic N) is 4. The van der Waals surface area contributed by atoms with E-state index in [0.29, 0.717) is 26.2 Å². The molecule has 0 radical (unpaired) electrons. The number of fused-ring (bicyclic) bond motifs is 1. The molecule has 0 unspecified atom stereocenters. The predicted molar refractivity (Wildman–Crippen MR) is 106 cm³/mol. The number of piperazine rings is 1. The molecule has 1 aliphatic heterocycles. The van der Waals surface area contributed by atoms with E-state index in [4.69, 9.17) is 0 Å². The van der Waals surface area contributed by atoms with Gasteiger partial charge >= 0.3 is 0 Å². The summed E-state index contributed by atoms with van der Waals surface area (Å²) in [5.74, 6) is 0.0627. The summed E-state index contributed by atoms with van der Waals surface area (Å²) in [6, 6.07) is 12.4. The average molecular weight is 382 g/mol. The third-order valence-electron chi connectivity index (χ3n) is 4.78. The second kappa shape index (κ2) is 6.96. The Morgan fingerprint density at radius 1 is 1.15 bits per heavy atom. The minimum Gasteiger partial charge on any atom is -0.345 e. The zero-order valence-electron chi connectivity index (χ0n) is 14.8. The highest BCUT2D eigenvalue weighted by atomic mass is 32.1. The first-order valence-electron chi connectivity index (χ1n) is 8.68. The number of rotatable bonds is 3. The fourth-order valence-electron chi connectivity index (χ4n) is 3.23. The van der Waals surface area contributed by atoms with Crippen LogP contribution < -0.4 is 4.90 Å². The number of aromatic nitrogens is 1. The lowest BCUT2D eigenvalue weighted by Gasteiger charge is -2.34. The van der Waals surface area contributed by atoms with Gasteiger partial charge in [-0.05, 0) is 24.6 Å². The number of carbonyl (C=O) groups excluding carboxylic acids is 1. The number of non-ortho nitro benzene ring substituents is 1. The SMILES string of the molecule is Cc1ccccc1C(=O)N1CCN(c2nc3ccc([N+](=O)[O-])cc3s2)CC1. The molecule has 3 aromatic rings. The van der Waals surface area contributed by atoms with Crippen LogP contribution in [0.2, 0.25) is 0 Å². The highest BCUT2D eigenvalue weighted by molar-refractivity contribution is 7.22. The van der Waals surface area contributed by atoms with E-state index >= 15 is 0 Å². The van der Waals surface area contributed by atoms with Crippen molar-refractivity contribution < 1.29 is 9.72 Å². The molecule has 0 aliphatic carbocycles. The third kappa shape index (κ3) is 3.35. The van der Waals surface area contributed by atoms with E-state index in [0.717, 1.165) is 26.5 Å². The van der Waals surface area contributed by atoms with E-state index in [1.165, 1.54) is 17.4 Å². The van der Waals surface area contributed by atoms with Crippen molar-refractivity contribution in [2.24, 2.45) is 0 Å². The van der Waals surface area contributed by atoms with Crippen molar-refractivity contribution in [1.29, 1.82) is 0 Å². The molecule has 0 bridgehead atoms. The number of benzene rings is 2. The summed E-state index contributed by atoms with van der Waals surface area (Å²) in [6.45, 7) is 4.59. The monoisotopic (exact) mass is 382 g/mol. The predicted octanol–water partition coefficient (Wildman–Crippen LogP) is 3.48. The maximum absolute atomic E-state index is 12.7. The largest absolute Gasteiger partial charge is 0.345 e. The van der Waals surface area contributed by atoms with Crippen molar-refractivity contribution in [2.75, 3.05) is 31.1 Å². The van der Waals surface area contributed by atoms with Crippen LogP contribution in [0.5, 0.6) is 0 Å². The summed E-state index contributed by atoms with van der Waals surface area (Å²) < 4.78 is 0.803. The maximum Gasteiger partial charge on any atom is 0.270 e. The molecule has 0 atom stereocenters. The summed E-state index contributed by atoms with van der Waals surface area (Å²) in [7, 11) is 0. The van der Waals surface area contributed by atoms with Crippen molar-refractivity contribution in [1.82, 2.24) is 9.88 Å². The van der Waals surface area contributed by atoms with Crippen molar-refractivity contribution in [3.63, 3.8) is 0 Å². The molecule has 8 heteroatoms. The molecule has 0 spiro atoms. The van der Waals surface area contributed by atoms with Gasteiger partial charge in [-0.1, -0.05) is 29.5 Å². The van der Waals surface area contributed by atoms with Gasteiger partial charge in [-0.2, -0.15) is 0 Å². The van der Waals surface area contributed by atoms with Gasteiger partial charge in [0.2, 0.25) is 0 Å². The van der Waals surface area contributed by atoms with Crippen LogP contribution in [-0.2, 0) is 0 Å². The number of hydrogen-bond donors (Lipinski definition) is 0. The Morgan fingerprint density at radius 3 is 2.59 bits per heavy atom. The van der Waals surface area contributed by atoms with Crippen LogP contribution in [0, 0.1) is 17.0 Å². The molecule has 138 valence electrons. The molecule has 0 N–H and O–H groups in total. The number of carbonyl (C=O) groups is 1. The van der Waals surface area contributed by atoms with Crippen molar-refractivity contribution >= 4 is 38.3 Å². The van der Waals surface area contributed by atoms with E-state index in [1.54, 1.807) is 12.1 Å². The smallest absolute Gasteiger partial charge is 0.270 e. The number of nitro groups is 1. The second-order valence-corrected chi connectivity index (χ2v) is 7.51. The minimum absolute atomic E-state index is 0.0627. The zero-order chi connectivity index (χ0) is 19.0. The average Bonchev–Trinajstić information content (AvgIpc) is 3.11. The Balaban J connectivity index is 1.47. The molecule has 1 fully saturated rings. The van der Waals surface area contributed by atoms with Gasteiger partial charge in [0.05, 0.1) is 15.1 Å². The normalized spacial score (nSPS) is 14.6. The molecule has 2 heterocycles. The van der Waals surface area contributed by atoms with Crippen molar-refractivity contribution in [2.45, 2.75) is 6.92 Å². The molecule has 0 saturated carbocycles. The van der Waals surface area contributed by atoms with Gasteiger partial charge in [-0.15, -0.1) is 0 Å². The van der Waals surface area contributed by atoms with Gasteiger partial charge in [-0.3, -0.25) is 14.9 Å². The van der Waals surface area contributed by atoms with Crippen LogP contribution >= 0.6 is 11.3 Å². The number of nitro benzene ring substituents is 1.